The molecule has 3 aromatic carbocycles. The number of fused-ring (bicyclic) bond motifs is 2. The molecule has 2 N–H and O–H groups in total. The molecule has 4 aromatic rings. The zero-order valence-corrected chi connectivity index (χ0v) is 19.8. The number of aromatic nitrogens is 1. The lowest BCUT2D eigenvalue weighted by Gasteiger charge is -2.29. The molecule has 0 fully saturated rings. The third-order valence-corrected chi connectivity index (χ3v) is 7.80. The van der Waals surface area contributed by atoms with Gasteiger partial charge in [0, 0.05) is 18.2 Å². The van der Waals surface area contributed by atoms with Gasteiger partial charge in [-0.15, -0.1) is 0 Å². The van der Waals surface area contributed by atoms with Crippen molar-refractivity contribution in [2.45, 2.75) is 23.7 Å². The van der Waals surface area contributed by atoms with Crippen LogP contribution in [0.15, 0.2) is 82.6 Å². The lowest BCUT2D eigenvalue weighted by Crippen LogP contribution is -2.47. The molecule has 1 aliphatic heterocycles. The second-order valence-electron chi connectivity index (χ2n) is 8.66. The van der Waals surface area contributed by atoms with Gasteiger partial charge >= 0.3 is 12.1 Å². The standard InChI is InChI=1S/C26H19F3N2O5S/c27-26(28,29)19-9-4-8-17(12-19)23-18(11-16-7-3-6-15-5-1-2-10-20(15)16)13-22(32)31-21(25(33)34)14-30-37(35,36)24(23)31/h1-10,12-13,21,30H,11,14H2,(H,33,34)/t21-/m1/s1. The van der Waals surface area contributed by atoms with Gasteiger partial charge in [0.2, 0.25) is 0 Å². The van der Waals surface area contributed by atoms with Crippen molar-refractivity contribution in [3.05, 3.63) is 99.8 Å². The number of carbonyl (C=O) groups is 1. The SMILES string of the molecule is O=C(O)[C@H]1CNS(=O)(=O)c2c(-c3cccc(C(F)(F)F)c3)c(Cc3cccc4ccccc34)cc(=O)n21. The first-order valence-electron chi connectivity index (χ1n) is 11.1. The molecule has 1 aromatic heterocycles. The van der Waals surface area contributed by atoms with Crippen LogP contribution in [0.4, 0.5) is 13.2 Å². The van der Waals surface area contributed by atoms with E-state index in [0.29, 0.717) is 10.1 Å². The van der Waals surface area contributed by atoms with Crippen LogP contribution < -0.4 is 10.3 Å². The maximum Gasteiger partial charge on any atom is 0.416 e. The van der Waals surface area contributed by atoms with Gasteiger partial charge in [-0.2, -0.15) is 13.2 Å². The molecule has 0 saturated carbocycles. The summed E-state index contributed by atoms with van der Waals surface area (Å²) in [7, 11) is -4.45. The highest BCUT2D eigenvalue weighted by atomic mass is 32.2. The zero-order valence-electron chi connectivity index (χ0n) is 19.0. The van der Waals surface area contributed by atoms with Gasteiger partial charge in [-0.05, 0) is 46.0 Å². The number of hydrogen-bond acceptors (Lipinski definition) is 4. The van der Waals surface area contributed by atoms with E-state index in [1.165, 1.54) is 6.07 Å². The minimum Gasteiger partial charge on any atom is -0.480 e. The first kappa shape index (κ1) is 24.7. The summed E-state index contributed by atoms with van der Waals surface area (Å²) >= 11 is 0. The van der Waals surface area contributed by atoms with Crippen LogP contribution in [0.2, 0.25) is 0 Å². The van der Waals surface area contributed by atoms with Gasteiger partial charge in [0.05, 0.1) is 5.56 Å². The predicted octanol–water partition coefficient (Wildman–Crippen LogP) is 4.20. The van der Waals surface area contributed by atoms with E-state index in [-0.39, 0.29) is 23.1 Å². The van der Waals surface area contributed by atoms with E-state index >= 15 is 0 Å². The molecule has 0 unspecified atom stereocenters. The Labute approximate surface area is 208 Å². The maximum absolute atomic E-state index is 13.6. The first-order valence-corrected chi connectivity index (χ1v) is 12.6. The molecular weight excluding hydrogens is 509 g/mol. The average Bonchev–Trinajstić information content (AvgIpc) is 2.84. The molecule has 190 valence electrons. The quantitative estimate of drug-likeness (QED) is 0.413. The number of nitrogens with zero attached hydrogens (tertiary/aromatic N) is 1. The van der Waals surface area contributed by atoms with Gasteiger partial charge in [-0.25, -0.2) is 17.9 Å². The third kappa shape index (κ3) is 4.40. The molecular formula is C26H19F3N2O5S. The summed E-state index contributed by atoms with van der Waals surface area (Å²) in [4.78, 5) is 25.1. The number of sulfonamides is 1. The van der Waals surface area contributed by atoms with Gasteiger partial charge in [-0.3, -0.25) is 9.36 Å². The molecule has 0 saturated heterocycles. The molecule has 1 aliphatic rings. The van der Waals surface area contributed by atoms with Crippen molar-refractivity contribution in [1.82, 2.24) is 9.29 Å². The number of hydrogen-bond donors (Lipinski definition) is 2. The Morgan fingerprint density at radius 2 is 1.70 bits per heavy atom. The van der Waals surface area contributed by atoms with E-state index in [0.717, 1.165) is 35.0 Å². The summed E-state index contributed by atoms with van der Waals surface area (Å²) in [5, 5.41) is 10.7. The fraction of sp³-hybridized carbons (Fsp3) is 0.154. The lowest BCUT2D eigenvalue weighted by atomic mass is 9.93. The Morgan fingerprint density at radius 3 is 2.43 bits per heavy atom. The molecule has 11 heteroatoms. The Balaban J connectivity index is 1.86. The number of alkyl halides is 3. The van der Waals surface area contributed by atoms with E-state index in [1.807, 2.05) is 30.3 Å². The predicted molar refractivity (Wildman–Crippen MR) is 130 cm³/mol. The molecule has 0 aliphatic carbocycles. The zero-order chi connectivity index (χ0) is 26.5. The number of nitrogens with one attached hydrogen (secondary N) is 1. The number of carboxylic acid groups (broad SMARTS) is 1. The van der Waals surface area contributed by atoms with Crippen molar-refractivity contribution in [1.29, 1.82) is 0 Å². The van der Waals surface area contributed by atoms with Crippen molar-refractivity contribution in [3.63, 3.8) is 0 Å². The Morgan fingerprint density at radius 1 is 1.00 bits per heavy atom. The average molecular weight is 529 g/mol. The fourth-order valence-electron chi connectivity index (χ4n) is 4.70. The second-order valence-corrected chi connectivity index (χ2v) is 10.3. The Kier molecular flexibility index (Phi) is 5.92. The Hall–Kier alpha value is -3.96. The summed E-state index contributed by atoms with van der Waals surface area (Å²) in [6.07, 6.45) is -4.69. The molecule has 0 bridgehead atoms. The number of aliphatic carboxylic acids is 1. The van der Waals surface area contributed by atoms with Crippen LogP contribution in [-0.4, -0.2) is 30.6 Å². The van der Waals surface area contributed by atoms with E-state index < -0.39 is 50.9 Å². The van der Waals surface area contributed by atoms with Gasteiger partial charge < -0.3 is 5.11 Å². The Bertz CT molecular complexity index is 1720. The van der Waals surface area contributed by atoms with Gasteiger partial charge in [-0.1, -0.05) is 54.6 Å². The molecule has 2 heterocycles. The highest BCUT2D eigenvalue weighted by molar-refractivity contribution is 7.89. The van der Waals surface area contributed by atoms with E-state index in [4.69, 9.17) is 0 Å². The van der Waals surface area contributed by atoms with Crippen molar-refractivity contribution in [2.75, 3.05) is 6.54 Å². The second kappa shape index (κ2) is 8.86. The molecule has 0 radical (unpaired) electrons. The summed E-state index contributed by atoms with van der Waals surface area (Å²) in [5.74, 6) is -1.46. The molecule has 37 heavy (non-hydrogen) atoms. The summed E-state index contributed by atoms with van der Waals surface area (Å²) in [6.45, 7) is -0.574. The molecule has 7 nitrogen and oxygen atoms in total. The molecule has 0 spiro atoms. The summed E-state index contributed by atoms with van der Waals surface area (Å²) < 4.78 is 69.9. The topological polar surface area (TPSA) is 105 Å². The minimum atomic E-state index is -4.71. The summed E-state index contributed by atoms with van der Waals surface area (Å²) in [5.41, 5.74) is -1.28. The van der Waals surface area contributed by atoms with Crippen LogP contribution in [0.1, 0.15) is 22.7 Å². The molecule has 5 rings (SSSR count). The van der Waals surface area contributed by atoms with Crippen molar-refractivity contribution in [2.24, 2.45) is 0 Å². The largest absolute Gasteiger partial charge is 0.480 e. The van der Waals surface area contributed by atoms with Crippen LogP contribution in [0.5, 0.6) is 0 Å². The lowest BCUT2D eigenvalue weighted by molar-refractivity contribution is -0.141. The van der Waals surface area contributed by atoms with Crippen LogP contribution in [-0.2, 0) is 27.4 Å². The molecule has 1 atom stereocenters. The van der Waals surface area contributed by atoms with Gasteiger partial charge in [0.1, 0.15) is 6.04 Å². The smallest absolute Gasteiger partial charge is 0.416 e. The number of benzene rings is 3. The highest BCUT2D eigenvalue weighted by Crippen LogP contribution is 2.38. The fourth-order valence-corrected chi connectivity index (χ4v) is 6.21. The minimum absolute atomic E-state index is 0.0171. The first-order chi connectivity index (χ1) is 17.5. The number of carboxylic acids is 1. The van der Waals surface area contributed by atoms with Gasteiger partial charge in [0.25, 0.3) is 15.6 Å². The van der Waals surface area contributed by atoms with Crippen molar-refractivity contribution >= 4 is 26.8 Å². The van der Waals surface area contributed by atoms with Crippen LogP contribution in [0.3, 0.4) is 0 Å². The van der Waals surface area contributed by atoms with Crippen LogP contribution in [0.25, 0.3) is 21.9 Å². The van der Waals surface area contributed by atoms with Crippen LogP contribution in [0, 0.1) is 0 Å². The number of halogens is 3. The third-order valence-electron chi connectivity index (χ3n) is 6.35. The number of pyridine rings is 1. The number of rotatable bonds is 4. The van der Waals surface area contributed by atoms with E-state index in [2.05, 4.69) is 4.72 Å². The van der Waals surface area contributed by atoms with Gasteiger partial charge in [0.15, 0.2) is 5.03 Å². The normalized spacial score (nSPS) is 16.9. The summed E-state index contributed by atoms with van der Waals surface area (Å²) in [6, 6.07) is 16.5. The maximum atomic E-state index is 13.6. The van der Waals surface area contributed by atoms with Crippen LogP contribution >= 0.6 is 0 Å². The van der Waals surface area contributed by atoms with E-state index in [9.17, 15) is 36.3 Å². The van der Waals surface area contributed by atoms with E-state index in [1.54, 1.807) is 12.1 Å². The van der Waals surface area contributed by atoms with Crippen molar-refractivity contribution in [3.8, 4) is 11.1 Å². The monoisotopic (exact) mass is 528 g/mol. The highest BCUT2D eigenvalue weighted by Gasteiger charge is 2.39. The molecule has 0 amide bonds. The van der Waals surface area contributed by atoms with Crippen molar-refractivity contribution < 1.29 is 31.5 Å².